The highest BCUT2D eigenvalue weighted by molar-refractivity contribution is 5.96. The van der Waals surface area contributed by atoms with Gasteiger partial charge in [0.15, 0.2) is 5.78 Å². The Kier molecular flexibility index (Phi) is 3.42. The minimum absolute atomic E-state index is 0.0168. The van der Waals surface area contributed by atoms with E-state index in [0.717, 1.165) is 11.3 Å². The Hall–Kier alpha value is -2.10. The maximum atomic E-state index is 11.5. The predicted octanol–water partition coefficient (Wildman–Crippen LogP) is 2.50. The lowest BCUT2D eigenvalue weighted by Gasteiger charge is -2.30. The highest BCUT2D eigenvalue weighted by Gasteiger charge is 2.31. The number of carboxylic acid groups (broad SMARTS) is 1. The van der Waals surface area contributed by atoms with Gasteiger partial charge in [-0.3, -0.25) is 4.79 Å². The standard InChI is InChI=1S/C15H17NO3/c1-9-8-14(11(3)17)10(2)16(9)13-6-4-12(5-7-13)15(18)19/h4-10H,1-3H3,(H,18,19). The first-order chi connectivity index (χ1) is 8.91. The van der Waals surface area contributed by atoms with E-state index in [2.05, 4.69) is 4.90 Å². The number of nitrogens with zero attached hydrogens (tertiary/aromatic N) is 1. The number of benzene rings is 1. The molecule has 0 spiro atoms. The number of aromatic carboxylic acids is 1. The average molecular weight is 259 g/mol. The lowest BCUT2D eigenvalue weighted by atomic mass is 10.1. The second-order valence-corrected chi connectivity index (χ2v) is 4.85. The van der Waals surface area contributed by atoms with Crippen molar-refractivity contribution in [1.29, 1.82) is 0 Å². The summed E-state index contributed by atoms with van der Waals surface area (Å²) in [5.74, 6) is -0.847. The van der Waals surface area contributed by atoms with Crippen LogP contribution in [-0.2, 0) is 4.79 Å². The van der Waals surface area contributed by atoms with E-state index in [1.54, 1.807) is 31.2 Å². The Morgan fingerprint density at radius 3 is 2.16 bits per heavy atom. The van der Waals surface area contributed by atoms with Crippen molar-refractivity contribution in [3.8, 4) is 0 Å². The Labute approximate surface area is 112 Å². The number of hydrogen-bond acceptors (Lipinski definition) is 3. The van der Waals surface area contributed by atoms with Gasteiger partial charge in [0.2, 0.25) is 0 Å². The molecule has 1 aliphatic rings. The Morgan fingerprint density at radius 2 is 1.74 bits per heavy atom. The molecule has 1 aromatic rings. The first-order valence-corrected chi connectivity index (χ1v) is 6.26. The fraction of sp³-hybridized carbons (Fsp3) is 0.333. The van der Waals surface area contributed by atoms with E-state index in [9.17, 15) is 9.59 Å². The van der Waals surface area contributed by atoms with Crippen molar-refractivity contribution >= 4 is 17.4 Å². The van der Waals surface area contributed by atoms with Crippen LogP contribution < -0.4 is 4.90 Å². The summed E-state index contributed by atoms with van der Waals surface area (Å²) in [5, 5.41) is 8.89. The first-order valence-electron chi connectivity index (χ1n) is 6.26. The molecule has 4 nitrogen and oxygen atoms in total. The van der Waals surface area contributed by atoms with Crippen molar-refractivity contribution in [3.63, 3.8) is 0 Å². The fourth-order valence-electron chi connectivity index (χ4n) is 2.63. The van der Waals surface area contributed by atoms with Gasteiger partial charge in [-0.05, 0) is 45.0 Å². The van der Waals surface area contributed by atoms with Crippen LogP contribution in [-0.4, -0.2) is 28.9 Å². The van der Waals surface area contributed by atoms with Gasteiger partial charge in [-0.2, -0.15) is 0 Å². The summed E-state index contributed by atoms with van der Waals surface area (Å²) >= 11 is 0. The smallest absolute Gasteiger partial charge is 0.335 e. The normalized spacial score (nSPS) is 22.3. The van der Waals surface area contributed by atoms with E-state index in [-0.39, 0.29) is 23.4 Å². The fourth-order valence-corrected chi connectivity index (χ4v) is 2.63. The molecule has 19 heavy (non-hydrogen) atoms. The lowest BCUT2D eigenvalue weighted by molar-refractivity contribution is -0.113. The molecule has 100 valence electrons. The minimum atomic E-state index is -0.934. The summed E-state index contributed by atoms with van der Waals surface area (Å²) in [6, 6.07) is 6.89. The zero-order valence-electron chi connectivity index (χ0n) is 11.3. The van der Waals surface area contributed by atoms with Crippen molar-refractivity contribution < 1.29 is 14.7 Å². The highest BCUT2D eigenvalue weighted by atomic mass is 16.4. The summed E-state index contributed by atoms with van der Waals surface area (Å²) in [6.07, 6.45) is 1.97. The molecule has 1 N–H and O–H groups in total. The molecule has 0 aliphatic carbocycles. The highest BCUT2D eigenvalue weighted by Crippen LogP contribution is 2.30. The summed E-state index contributed by atoms with van der Waals surface area (Å²) in [7, 11) is 0. The number of ketones is 1. The van der Waals surface area contributed by atoms with Gasteiger partial charge in [-0.15, -0.1) is 0 Å². The molecule has 0 amide bonds. The second kappa shape index (κ2) is 4.88. The number of carbonyl (C=O) groups is 2. The van der Waals surface area contributed by atoms with Gasteiger partial charge < -0.3 is 10.0 Å². The average Bonchev–Trinajstić information content (AvgIpc) is 2.65. The molecule has 0 radical (unpaired) electrons. The minimum Gasteiger partial charge on any atom is -0.478 e. The van der Waals surface area contributed by atoms with Crippen LogP contribution in [0.15, 0.2) is 35.9 Å². The Balaban J connectivity index is 2.28. The molecule has 1 heterocycles. The van der Waals surface area contributed by atoms with Gasteiger partial charge in [-0.25, -0.2) is 4.79 Å². The number of hydrogen-bond donors (Lipinski definition) is 1. The van der Waals surface area contributed by atoms with Crippen LogP contribution in [0.2, 0.25) is 0 Å². The molecule has 0 saturated carbocycles. The Morgan fingerprint density at radius 1 is 1.16 bits per heavy atom. The monoisotopic (exact) mass is 259 g/mol. The van der Waals surface area contributed by atoms with Gasteiger partial charge >= 0.3 is 5.97 Å². The van der Waals surface area contributed by atoms with E-state index in [1.165, 1.54) is 0 Å². The van der Waals surface area contributed by atoms with Gasteiger partial charge in [-0.1, -0.05) is 6.08 Å². The summed E-state index contributed by atoms with van der Waals surface area (Å²) < 4.78 is 0. The summed E-state index contributed by atoms with van der Waals surface area (Å²) in [5.41, 5.74) is 2.01. The van der Waals surface area contributed by atoms with E-state index in [1.807, 2.05) is 19.9 Å². The first kappa shape index (κ1) is 13.3. The molecule has 0 aromatic heterocycles. The van der Waals surface area contributed by atoms with Crippen LogP contribution in [0.1, 0.15) is 31.1 Å². The third-order valence-corrected chi connectivity index (χ3v) is 3.55. The molecule has 0 bridgehead atoms. The zero-order valence-corrected chi connectivity index (χ0v) is 11.3. The largest absolute Gasteiger partial charge is 0.478 e. The van der Waals surface area contributed by atoms with Crippen LogP contribution in [0.3, 0.4) is 0 Å². The number of Topliss-reactive ketones (excluding diaryl/α,β-unsaturated/α-hetero) is 1. The topological polar surface area (TPSA) is 57.6 Å². The van der Waals surface area contributed by atoms with Crippen molar-refractivity contribution in [1.82, 2.24) is 0 Å². The van der Waals surface area contributed by atoms with Crippen LogP contribution in [0.25, 0.3) is 0 Å². The van der Waals surface area contributed by atoms with Crippen molar-refractivity contribution in [3.05, 3.63) is 41.5 Å². The molecule has 2 rings (SSSR count). The van der Waals surface area contributed by atoms with Crippen LogP contribution in [0, 0.1) is 0 Å². The van der Waals surface area contributed by atoms with E-state index in [4.69, 9.17) is 5.11 Å². The second-order valence-electron chi connectivity index (χ2n) is 4.85. The van der Waals surface area contributed by atoms with Crippen LogP contribution >= 0.6 is 0 Å². The summed E-state index contributed by atoms with van der Waals surface area (Å²) in [4.78, 5) is 24.5. The number of carboxylic acids is 1. The molecule has 0 saturated heterocycles. The summed E-state index contributed by atoms with van der Waals surface area (Å²) in [6.45, 7) is 5.59. The number of carbonyl (C=O) groups excluding carboxylic acids is 1. The molecule has 1 aliphatic heterocycles. The maximum Gasteiger partial charge on any atom is 0.335 e. The van der Waals surface area contributed by atoms with Crippen LogP contribution in [0.4, 0.5) is 5.69 Å². The van der Waals surface area contributed by atoms with Gasteiger partial charge in [0.1, 0.15) is 0 Å². The maximum absolute atomic E-state index is 11.5. The lowest BCUT2D eigenvalue weighted by Crippen LogP contribution is -2.35. The molecule has 0 fully saturated rings. The molecule has 1 aromatic carbocycles. The molecule has 2 atom stereocenters. The van der Waals surface area contributed by atoms with E-state index >= 15 is 0 Å². The van der Waals surface area contributed by atoms with Gasteiger partial charge in [0.25, 0.3) is 0 Å². The number of anilines is 1. The van der Waals surface area contributed by atoms with Gasteiger partial charge in [0.05, 0.1) is 11.6 Å². The number of rotatable bonds is 3. The molecule has 2 unspecified atom stereocenters. The SMILES string of the molecule is CC(=O)C1=CC(C)N(c2ccc(C(=O)O)cc2)C1C. The van der Waals surface area contributed by atoms with Gasteiger partial charge in [0, 0.05) is 17.3 Å². The molecular formula is C15H17NO3. The zero-order chi connectivity index (χ0) is 14.2. The Bertz CT molecular complexity index is 545. The third-order valence-electron chi connectivity index (χ3n) is 3.55. The third kappa shape index (κ3) is 2.38. The predicted molar refractivity (Wildman–Crippen MR) is 73.6 cm³/mol. The van der Waals surface area contributed by atoms with E-state index < -0.39 is 5.97 Å². The van der Waals surface area contributed by atoms with Crippen molar-refractivity contribution in [2.45, 2.75) is 32.9 Å². The van der Waals surface area contributed by atoms with Crippen molar-refractivity contribution in [2.75, 3.05) is 4.90 Å². The van der Waals surface area contributed by atoms with E-state index in [0.29, 0.717) is 0 Å². The quantitative estimate of drug-likeness (QED) is 0.906. The molecule has 4 heteroatoms. The molecular weight excluding hydrogens is 242 g/mol. The van der Waals surface area contributed by atoms with Crippen molar-refractivity contribution in [2.24, 2.45) is 0 Å². The van der Waals surface area contributed by atoms with Crippen LogP contribution in [0.5, 0.6) is 0 Å².